The third kappa shape index (κ3) is 3.53. The molecule has 1 saturated heterocycles. The minimum atomic E-state index is -0.105. The van der Waals surface area contributed by atoms with Crippen molar-refractivity contribution in [3.63, 3.8) is 0 Å². The van der Waals surface area contributed by atoms with Gasteiger partial charge >= 0.3 is 0 Å². The Kier molecular flexibility index (Phi) is 4.83. The second-order valence-corrected chi connectivity index (χ2v) is 5.97. The van der Waals surface area contributed by atoms with Crippen LogP contribution in [0.1, 0.15) is 32.6 Å². The molecule has 22 heavy (non-hydrogen) atoms. The van der Waals surface area contributed by atoms with Crippen molar-refractivity contribution < 1.29 is 14.3 Å². The molecule has 0 saturated carbocycles. The third-order valence-electron chi connectivity index (χ3n) is 4.38. The third-order valence-corrected chi connectivity index (χ3v) is 4.38. The van der Waals surface area contributed by atoms with Gasteiger partial charge in [-0.3, -0.25) is 9.69 Å². The molecule has 1 atom stereocenters. The van der Waals surface area contributed by atoms with E-state index in [0.29, 0.717) is 19.0 Å². The highest BCUT2D eigenvalue weighted by Gasteiger charge is 2.22. The number of nitrogens with zero attached hydrogens (tertiary/aromatic N) is 1. The largest absolute Gasteiger partial charge is 0.486 e. The summed E-state index contributed by atoms with van der Waals surface area (Å²) in [5, 5.41) is 2.99. The minimum absolute atomic E-state index is 0.0403. The first kappa shape index (κ1) is 15.2. The summed E-state index contributed by atoms with van der Waals surface area (Å²) in [6.07, 6.45) is 4.91. The molecular formula is C17H24N2O3. The molecule has 0 unspecified atom stereocenters. The quantitative estimate of drug-likeness (QED) is 0.933. The van der Waals surface area contributed by atoms with Crippen LogP contribution in [0.3, 0.4) is 0 Å². The van der Waals surface area contributed by atoms with Crippen molar-refractivity contribution in [3.8, 4) is 11.5 Å². The van der Waals surface area contributed by atoms with Crippen LogP contribution in [0.5, 0.6) is 11.5 Å². The van der Waals surface area contributed by atoms with Crippen LogP contribution >= 0.6 is 0 Å². The average molecular weight is 304 g/mol. The van der Waals surface area contributed by atoms with E-state index in [-0.39, 0.29) is 11.9 Å². The number of nitrogens with one attached hydrogen (secondary N) is 1. The maximum Gasteiger partial charge on any atom is 0.241 e. The lowest BCUT2D eigenvalue weighted by Crippen LogP contribution is -2.42. The lowest BCUT2D eigenvalue weighted by Gasteiger charge is -2.26. The Labute approximate surface area is 131 Å². The molecule has 1 aromatic rings. The van der Waals surface area contributed by atoms with Gasteiger partial charge in [0.1, 0.15) is 13.2 Å². The summed E-state index contributed by atoms with van der Waals surface area (Å²) in [6.45, 7) is 5.13. The van der Waals surface area contributed by atoms with Crippen molar-refractivity contribution in [1.82, 2.24) is 4.90 Å². The van der Waals surface area contributed by atoms with Crippen molar-refractivity contribution in [3.05, 3.63) is 18.2 Å². The Bertz CT molecular complexity index is 525. The van der Waals surface area contributed by atoms with E-state index in [1.165, 1.54) is 25.7 Å². The van der Waals surface area contributed by atoms with Crippen LogP contribution in [0.25, 0.3) is 0 Å². The van der Waals surface area contributed by atoms with Gasteiger partial charge < -0.3 is 14.8 Å². The number of ether oxygens (including phenoxy) is 2. The summed E-state index contributed by atoms with van der Waals surface area (Å²) in [7, 11) is 0. The monoisotopic (exact) mass is 304 g/mol. The molecule has 3 rings (SSSR count). The van der Waals surface area contributed by atoms with Crippen LogP contribution in [0.4, 0.5) is 5.69 Å². The lowest BCUT2D eigenvalue weighted by molar-refractivity contribution is -0.120. The molecule has 0 spiro atoms. The Morgan fingerprint density at radius 2 is 1.77 bits per heavy atom. The van der Waals surface area contributed by atoms with E-state index in [0.717, 1.165) is 24.5 Å². The molecule has 5 nitrogen and oxygen atoms in total. The van der Waals surface area contributed by atoms with Crippen LogP contribution < -0.4 is 14.8 Å². The van der Waals surface area contributed by atoms with E-state index in [9.17, 15) is 4.79 Å². The second-order valence-electron chi connectivity index (χ2n) is 5.97. The molecule has 1 aromatic carbocycles. The lowest BCUT2D eigenvalue weighted by atomic mass is 10.2. The first-order valence-corrected chi connectivity index (χ1v) is 8.18. The standard InChI is InChI=1S/C17H24N2O3/c1-13(19-8-4-2-3-5-9-19)17(20)18-14-6-7-15-16(12-14)22-11-10-21-15/h6-7,12-13H,2-5,8-11H2,1H3,(H,18,20)/t13-/m1/s1. The number of hydrogen-bond donors (Lipinski definition) is 1. The van der Waals surface area contributed by atoms with Crippen LogP contribution in [0.2, 0.25) is 0 Å². The van der Waals surface area contributed by atoms with E-state index < -0.39 is 0 Å². The van der Waals surface area contributed by atoms with E-state index in [2.05, 4.69) is 10.2 Å². The molecule has 2 aliphatic heterocycles. The second kappa shape index (κ2) is 7.01. The number of hydrogen-bond acceptors (Lipinski definition) is 4. The first-order chi connectivity index (χ1) is 10.7. The zero-order valence-electron chi connectivity index (χ0n) is 13.1. The summed E-state index contributed by atoms with van der Waals surface area (Å²) in [4.78, 5) is 14.7. The fraction of sp³-hybridized carbons (Fsp3) is 0.588. The normalized spacial score (nSPS) is 20.0. The summed E-state index contributed by atoms with van der Waals surface area (Å²) in [5.41, 5.74) is 0.760. The van der Waals surface area contributed by atoms with Crippen LogP contribution in [-0.2, 0) is 4.79 Å². The first-order valence-electron chi connectivity index (χ1n) is 8.18. The maximum atomic E-state index is 12.5. The molecule has 2 heterocycles. The topological polar surface area (TPSA) is 50.8 Å². The summed E-state index contributed by atoms with van der Waals surface area (Å²) in [5.74, 6) is 1.48. The van der Waals surface area contributed by atoms with Gasteiger partial charge in [0, 0.05) is 11.8 Å². The van der Waals surface area contributed by atoms with Gasteiger partial charge in [-0.2, -0.15) is 0 Å². The molecule has 1 fully saturated rings. The van der Waals surface area contributed by atoms with Gasteiger partial charge in [0.05, 0.1) is 6.04 Å². The average Bonchev–Trinajstić information content (AvgIpc) is 2.83. The SMILES string of the molecule is C[C@H](C(=O)Nc1ccc2c(c1)OCCO2)N1CCCCCC1. The Hall–Kier alpha value is -1.75. The van der Waals surface area contributed by atoms with Gasteiger partial charge in [-0.05, 0) is 45.0 Å². The predicted octanol–water partition coefficient (Wildman–Crippen LogP) is 2.66. The number of anilines is 1. The van der Waals surface area contributed by atoms with Crippen LogP contribution in [-0.4, -0.2) is 43.2 Å². The Morgan fingerprint density at radius 1 is 1.09 bits per heavy atom. The van der Waals surface area contributed by atoms with Gasteiger partial charge in [-0.25, -0.2) is 0 Å². The van der Waals surface area contributed by atoms with Gasteiger partial charge in [-0.15, -0.1) is 0 Å². The highest BCUT2D eigenvalue weighted by molar-refractivity contribution is 5.94. The van der Waals surface area contributed by atoms with E-state index >= 15 is 0 Å². The molecule has 0 radical (unpaired) electrons. The highest BCUT2D eigenvalue weighted by atomic mass is 16.6. The summed E-state index contributed by atoms with van der Waals surface area (Å²) in [6, 6.07) is 5.44. The van der Waals surface area contributed by atoms with E-state index in [4.69, 9.17) is 9.47 Å². The number of amides is 1. The summed E-state index contributed by atoms with van der Waals surface area (Å²) < 4.78 is 11.0. The number of likely N-dealkylation sites (tertiary alicyclic amines) is 1. The number of carbonyl (C=O) groups is 1. The Balaban J connectivity index is 1.63. The Morgan fingerprint density at radius 3 is 2.50 bits per heavy atom. The maximum absolute atomic E-state index is 12.5. The smallest absolute Gasteiger partial charge is 0.241 e. The molecule has 1 amide bonds. The van der Waals surface area contributed by atoms with Crippen molar-refractivity contribution in [1.29, 1.82) is 0 Å². The van der Waals surface area contributed by atoms with E-state index in [1.54, 1.807) is 0 Å². The zero-order valence-corrected chi connectivity index (χ0v) is 13.1. The molecule has 5 heteroatoms. The molecule has 0 bridgehead atoms. The summed E-state index contributed by atoms with van der Waals surface area (Å²) >= 11 is 0. The molecule has 1 N–H and O–H groups in total. The molecule has 0 aromatic heterocycles. The van der Waals surface area contributed by atoms with E-state index in [1.807, 2.05) is 25.1 Å². The van der Waals surface area contributed by atoms with Gasteiger partial charge in [0.15, 0.2) is 11.5 Å². The van der Waals surface area contributed by atoms with Crippen LogP contribution in [0.15, 0.2) is 18.2 Å². The van der Waals surface area contributed by atoms with Crippen molar-refractivity contribution >= 4 is 11.6 Å². The fourth-order valence-corrected chi connectivity index (χ4v) is 3.02. The van der Waals surface area contributed by atoms with Gasteiger partial charge in [-0.1, -0.05) is 12.8 Å². The van der Waals surface area contributed by atoms with Crippen molar-refractivity contribution in [2.45, 2.75) is 38.6 Å². The number of benzene rings is 1. The van der Waals surface area contributed by atoms with Gasteiger partial charge in [0.25, 0.3) is 0 Å². The van der Waals surface area contributed by atoms with Crippen molar-refractivity contribution in [2.24, 2.45) is 0 Å². The predicted molar refractivity (Wildman–Crippen MR) is 85.6 cm³/mol. The van der Waals surface area contributed by atoms with Gasteiger partial charge in [0.2, 0.25) is 5.91 Å². The van der Waals surface area contributed by atoms with Crippen LogP contribution in [0, 0.1) is 0 Å². The molecule has 120 valence electrons. The zero-order chi connectivity index (χ0) is 15.4. The number of rotatable bonds is 3. The van der Waals surface area contributed by atoms with Crippen molar-refractivity contribution in [2.75, 3.05) is 31.6 Å². The minimum Gasteiger partial charge on any atom is -0.486 e. The molecule has 2 aliphatic rings. The highest BCUT2D eigenvalue weighted by Crippen LogP contribution is 2.32. The molecule has 0 aliphatic carbocycles. The number of carbonyl (C=O) groups excluding carboxylic acids is 1. The fourth-order valence-electron chi connectivity index (χ4n) is 3.02. The molecular weight excluding hydrogens is 280 g/mol. The number of fused-ring (bicyclic) bond motifs is 1.